The molecule has 0 saturated carbocycles. The normalized spacial score (nSPS) is 12.6. The van der Waals surface area contributed by atoms with Gasteiger partial charge in [-0.05, 0) is 30.0 Å². The van der Waals surface area contributed by atoms with Crippen LogP contribution in [0.2, 0.25) is 0 Å². The van der Waals surface area contributed by atoms with E-state index in [-0.39, 0.29) is 0 Å². The molecule has 0 radical (unpaired) electrons. The van der Waals surface area contributed by atoms with Gasteiger partial charge in [0, 0.05) is 21.8 Å². The molecule has 2 heteroatoms. The number of rotatable bonds is 7. The van der Waals surface area contributed by atoms with E-state index in [1.807, 2.05) is 79.4 Å². The minimum absolute atomic E-state index is 0.336. The fourth-order valence-corrected chi connectivity index (χ4v) is 4.13. The number of phenolic OH excluding ortho intramolecular Hbond substituents is 1. The Bertz CT molecular complexity index is 957. The van der Waals surface area contributed by atoms with E-state index in [0.717, 1.165) is 28.0 Å². The lowest BCUT2D eigenvalue weighted by molar-refractivity contribution is 0.479. The van der Waals surface area contributed by atoms with Crippen LogP contribution >= 0.6 is 11.8 Å². The van der Waals surface area contributed by atoms with Gasteiger partial charge in [-0.2, -0.15) is 0 Å². The number of para-hydroxylation sites is 1. The van der Waals surface area contributed by atoms with Crippen molar-refractivity contribution in [3.63, 3.8) is 0 Å². The zero-order valence-corrected chi connectivity index (χ0v) is 17.2. The highest BCUT2D eigenvalue weighted by atomic mass is 32.2. The van der Waals surface area contributed by atoms with Crippen molar-refractivity contribution in [3.8, 4) is 28.0 Å². The molecule has 142 valence electrons. The first kappa shape index (κ1) is 20.0. The summed E-state index contributed by atoms with van der Waals surface area (Å²) in [5.41, 5.74) is 3.84. The van der Waals surface area contributed by atoms with Crippen LogP contribution in [-0.2, 0) is 0 Å². The molecule has 3 rings (SSSR count). The van der Waals surface area contributed by atoms with Crippen LogP contribution in [0.3, 0.4) is 0 Å². The maximum absolute atomic E-state index is 11.0. The van der Waals surface area contributed by atoms with Gasteiger partial charge in [0.1, 0.15) is 5.75 Å². The quantitative estimate of drug-likeness (QED) is 0.333. The van der Waals surface area contributed by atoms with Gasteiger partial charge in [-0.3, -0.25) is 0 Å². The minimum atomic E-state index is 0.336. The third kappa shape index (κ3) is 4.96. The van der Waals surface area contributed by atoms with Gasteiger partial charge in [-0.15, -0.1) is 11.8 Å². The summed E-state index contributed by atoms with van der Waals surface area (Å²) in [5.74, 6) is 1.80. The summed E-state index contributed by atoms with van der Waals surface area (Å²) < 4.78 is 0. The Morgan fingerprint density at radius 3 is 2.29 bits per heavy atom. The second-order valence-corrected chi connectivity index (χ2v) is 7.82. The maximum atomic E-state index is 11.0. The number of phenols is 1. The first-order chi connectivity index (χ1) is 13.7. The van der Waals surface area contributed by atoms with E-state index in [9.17, 15) is 5.11 Å². The molecule has 0 saturated heterocycles. The Hall–Kier alpha value is -2.71. The molecule has 0 heterocycles. The van der Waals surface area contributed by atoms with Crippen molar-refractivity contribution < 1.29 is 5.11 Å². The predicted molar refractivity (Wildman–Crippen MR) is 123 cm³/mol. The Balaban J connectivity index is 1.89. The topological polar surface area (TPSA) is 20.2 Å². The van der Waals surface area contributed by atoms with Crippen LogP contribution in [0.25, 0.3) is 22.3 Å². The number of aromatic hydroxyl groups is 1. The lowest BCUT2D eigenvalue weighted by atomic mass is 9.97. The Labute approximate surface area is 172 Å². The van der Waals surface area contributed by atoms with Crippen molar-refractivity contribution in [3.05, 3.63) is 97.1 Å². The number of allylic oxidation sites excluding steroid dienone is 4. The highest BCUT2D eigenvalue weighted by Crippen LogP contribution is 2.41. The lowest BCUT2D eigenvalue weighted by Gasteiger charge is -2.14. The van der Waals surface area contributed by atoms with Gasteiger partial charge in [0.25, 0.3) is 0 Å². The van der Waals surface area contributed by atoms with Gasteiger partial charge in [0.2, 0.25) is 0 Å². The Morgan fingerprint density at radius 2 is 1.50 bits per heavy atom. The van der Waals surface area contributed by atoms with Crippen molar-refractivity contribution in [1.29, 1.82) is 0 Å². The van der Waals surface area contributed by atoms with Crippen molar-refractivity contribution in [2.24, 2.45) is 5.92 Å². The minimum Gasteiger partial charge on any atom is -0.507 e. The molecule has 0 fully saturated rings. The third-order valence-electron chi connectivity index (χ3n) is 4.54. The second kappa shape index (κ2) is 10.0. The molecule has 3 aromatic rings. The van der Waals surface area contributed by atoms with Crippen LogP contribution in [0.15, 0.2) is 102 Å². The van der Waals surface area contributed by atoms with Crippen LogP contribution < -0.4 is 0 Å². The number of hydrogen-bond acceptors (Lipinski definition) is 2. The molecule has 0 amide bonds. The maximum Gasteiger partial charge on any atom is 0.131 e. The molecule has 0 aromatic heterocycles. The van der Waals surface area contributed by atoms with E-state index in [1.165, 1.54) is 4.90 Å². The average Bonchev–Trinajstić information content (AvgIpc) is 2.73. The summed E-state index contributed by atoms with van der Waals surface area (Å²) in [6, 6.07) is 24.3. The SMILES string of the molecule is C/C=C\C=C/C(C)CSc1ccccc1-c1cccc(-c2ccccc2)c1O. The third-order valence-corrected chi connectivity index (χ3v) is 5.90. The van der Waals surface area contributed by atoms with Crippen molar-refractivity contribution in [2.45, 2.75) is 18.7 Å². The number of benzene rings is 3. The van der Waals surface area contributed by atoms with E-state index in [2.05, 4.69) is 43.4 Å². The van der Waals surface area contributed by atoms with Crippen LogP contribution in [0, 0.1) is 5.92 Å². The summed E-state index contributed by atoms with van der Waals surface area (Å²) in [6.07, 6.45) is 8.42. The van der Waals surface area contributed by atoms with Crippen molar-refractivity contribution >= 4 is 11.8 Å². The molecule has 1 nitrogen and oxygen atoms in total. The molecule has 3 aromatic carbocycles. The fourth-order valence-electron chi connectivity index (χ4n) is 3.07. The van der Waals surface area contributed by atoms with E-state index in [4.69, 9.17) is 0 Å². The molecule has 28 heavy (non-hydrogen) atoms. The van der Waals surface area contributed by atoms with Crippen molar-refractivity contribution in [2.75, 3.05) is 5.75 Å². The molecule has 1 N–H and O–H groups in total. The molecule has 0 aliphatic rings. The summed E-state index contributed by atoms with van der Waals surface area (Å²) in [6.45, 7) is 4.25. The van der Waals surface area contributed by atoms with E-state index < -0.39 is 0 Å². The van der Waals surface area contributed by atoms with Gasteiger partial charge < -0.3 is 5.11 Å². The smallest absolute Gasteiger partial charge is 0.131 e. The summed E-state index contributed by atoms with van der Waals surface area (Å²) >= 11 is 1.83. The zero-order valence-electron chi connectivity index (χ0n) is 16.4. The second-order valence-electron chi connectivity index (χ2n) is 6.76. The van der Waals surface area contributed by atoms with Crippen LogP contribution in [0.4, 0.5) is 0 Å². The Morgan fingerprint density at radius 1 is 0.821 bits per heavy atom. The van der Waals surface area contributed by atoms with E-state index >= 15 is 0 Å². The number of hydrogen-bond donors (Lipinski definition) is 1. The summed E-state index contributed by atoms with van der Waals surface area (Å²) in [5, 5.41) is 11.0. The molecular formula is C26H26OS. The number of thioether (sulfide) groups is 1. The largest absolute Gasteiger partial charge is 0.507 e. The summed E-state index contributed by atoms with van der Waals surface area (Å²) in [7, 11) is 0. The van der Waals surface area contributed by atoms with Crippen LogP contribution in [0.1, 0.15) is 13.8 Å². The van der Waals surface area contributed by atoms with Crippen molar-refractivity contribution in [1.82, 2.24) is 0 Å². The monoisotopic (exact) mass is 386 g/mol. The van der Waals surface area contributed by atoms with Gasteiger partial charge in [-0.25, -0.2) is 0 Å². The van der Waals surface area contributed by atoms with Gasteiger partial charge in [0.05, 0.1) is 0 Å². The van der Waals surface area contributed by atoms with Crippen LogP contribution in [-0.4, -0.2) is 10.9 Å². The molecule has 1 atom stereocenters. The zero-order chi connectivity index (χ0) is 19.8. The van der Waals surface area contributed by atoms with Gasteiger partial charge in [0.15, 0.2) is 0 Å². The summed E-state index contributed by atoms with van der Waals surface area (Å²) in [4.78, 5) is 1.19. The molecule has 0 aliphatic heterocycles. The predicted octanol–water partition coefficient (Wildman–Crippen LogP) is 7.59. The fraction of sp³-hybridized carbons (Fsp3) is 0.154. The van der Waals surface area contributed by atoms with Crippen LogP contribution in [0.5, 0.6) is 5.75 Å². The van der Waals surface area contributed by atoms with Gasteiger partial charge >= 0.3 is 0 Å². The van der Waals surface area contributed by atoms with E-state index in [1.54, 1.807) is 0 Å². The van der Waals surface area contributed by atoms with Gasteiger partial charge in [-0.1, -0.05) is 98.0 Å². The molecule has 0 bridgehead atoms. The molecule has 0 aliphatic carbocycles. The van der Waals surface area contributed by atoms with E-state index in [0.29, 0.717) is 11.7 Å². The Kier molecular flexibility index (Phi) is 7.16. The molecular weight excluding hydrogens is 360 g/mol. The highest BCUT2D eigenvalue weighted by Gasteiger charge is 2.14. The lowest BCUT2D eigenvalue weighted by Crippen LogP contribution is -1.94. The highest BCUT2D eigenvalue weighted by molar-refractivity contribution is 7.99. The first-order valence-electron chi connectivity index (χ1n) is 9.59. The molecule has 0 spiro atoms. The molecule has 1 unspecified atom stereocenters. The standard InChI is InChI=1S/C26H26OS/c1-3-4-6-12-20(2)19-28-25-18-10-9-15-23(25)24-17-11-16-22(26(24)27)21-13-7-5-8-14-21/h3-18,20,27H,19H2,1-2H3/b4-3-,12-6-. The first-order valence-corrected chi connectivity index (χ1v) is 10.6. The average molecular weight is 387 g/mol.